The van der Waals surface area contributed by atoms with Crippen LogP contribution in [0.15, 0.2) is 40.8 Å². The van der Waals surface area contributed by atoms with E-state index in [0.717, 1.165) is 18.6 Å². The Morgan fingerprint density at radius 2 is 1.89 bits per heavy atom. The Labute approximate surface area is 154 Å². The van der Waals surface area contributed by atoms with E-state index in [0.29, 0.717) is 25.8 Å². The minimum Gasteiger partial charge on any atom is -0.469 e. The number of nitrogens with one attached hydrogen (secondary N) is 1. The summed E-state index contributed by atoms with van der Waals surface area (Å²) in [5.41, 5.74) is -0.541. The number of esters is 1. The number of benzene rings is 1. The number of unbranched alkanes of at least 4 members (excludes halogenated alkanes) is 2. The SMILES string of the molecule is COC(=O)CCCCCNC(=O)c1ccc(-c2cccc(C(F)(F)F)c2)o1. The summed E-state index contributed by atoms with van der Waals surface area (Å²) in [5, 5.41) is 2.67. The molecule has 146 valence electrons. The molecule has 27 heavy (non-hydrogen) atoms. The van der Waals surface area contributed by atoms with Gasteiger partial charge in [-0.05, 0) is 37.1 Å². The Morgan fingerprint density at radius 3 is 2.59 bits per heavy atom. The molecule has 0 spiro atoms. The molecule has 0 fully saturated rings. The van der Waals surface area contributed by atoms with Gasteiger partial charge in [0, 0.05) is 18.5 Å². The van der Waals surface area contributed by atoms with Crippen molar-refractivity contribution in [2.45, 2.75) is 31.9 Å². The van der Waals surface area contributed by atoms with Crippen LogP contribution in [0.5, 0.6) is 0 Å². The maximum absolute atomic E-state index is 12.8. The number of ether oxygens (including phenoxy) is 1. The second kappa shape index (κ2) is 9.25. The molecule has 0 aliphatic rings. The minimum absolute atomic E-state index is 0.0250. The zero-order valence-electron chi connectivity index (χ0n) is 14.8. The highest BCUT2D eigenvalue weighted by Gasteiger charge is 2.30. The first kappa shape index (κ1) is 20.5. The van der Waals surface area contributed by atoms with E-state index >= 15 is 0 Å². The molecule has 1 heterocycles. The van der Waals surface area contributed by atoms with Gasteiger partial charge in [-0.1, -0.05) is 18.6 Å². The van der Waals surface area contributed by atoms with Crippen molar-refractivity contribution in [3.63, 3.8) is 0 Å². The Morgan fingerprint density at radius 1 is 1.11 bits per heavy atom. The summed E-state index contributed by atoms with van der Waals surface area (Å²) in [6.07, 6.45) is -2.00. The standard InChI is InChI=1S/C19H20F3NO4/c1-26-17(24)8-3-2-4-11-23-18(25)16-10-9-15(27-16)13-6-5-7-14(12-13)19(20,21)22/h5-7,9-10,12H,2-4,8,11H2,1H3,(H,23,25). The van der Waals surface area contributed by atoms with E-state index in [1.165, 1.54) is 31.4 Å². The molecule has 1 N–H and O–H groups in total. The molecule has 5 nitrogen and oxygen atoms in total. The molecule has 0 aliphatic heterocycles. The van der Waals surface area contributed by atoms with Crippen molar-refractivity contribution in [3.05, 3.63) is 47.7 Å². The lowest BCUT2D eigenvalue weighted by Gasteiger charge is -2.07. The fourth-order valence-corrected chi connectivity index (χ4v) is 2.43. The van der Waals surface area contributed by atoms with Crippen LogP contribution in [-0.2, 0) is 15.7 Å². The predicted molar refractivity (Wildman–Crippen MR) is 92.0 cm³/mol. The second-order valence-electron chi connectivity index (χ2n) is 5.89. The number of amides is 1. The average molecular weight is 383 g/mol. The molecular formula is C19H20F3NO4. The summed E-state index contributed by atoms with van der Waals surface area (Å²) in [5.74, 6) is -0.501. The highest BCUT2D eigenvalue weighted by Crippen LogP contribution is 2.32. The summed E-state index contributed by atoms with van der Waals surface area (Å²) in [6, 6.07) is 7.59. The van der Waals surface area contributed by atoms with E-state index in [-0.39, 0.29) is 23.1 Å². The number of alkyl halides is 3. The number of carbonyl (C=O) groups excluding carboxylic acids is 2. The van der Waals surface area contributed by atoms with Crippen molar-refractivity contribution in [3.8, 4) is 11.3 Å². The lowest BCUT2D eigenvalue weighted by atomic mass is 10.1. The van der Waals surface area contributed by atoms with Crippen molar-refractivity contribution in [2.24, 2.45) is 0 Å². The lowest BCUT2D eigenvalue weighted by molar-refractivity contribution is -0.140. The fraction of sp³-hybridized carbons (Fsp3) is 0.368. The minimum atomic E-state index is -4.45. The predicted octanol–water partition coefficient (Wildman–Crippen LogP) is 4.43. The monoisotopic (exact) mass is 383 g/mol. The van der Waals surface area contributed by atoms with Crippen LogP contribution in [0.4, 0.5) is 13.2 Å². The van der Waals surface area contributed by atoms with Crippen LogP contribution in [0.2, 0.25) is 0 Å². The molecule has 0 bridgehead atoms. The smallest absolute Gasteiger partial charge is 0.416 e. The first-order chi connectivity index (χ1) is 12.8. The molecule has 1 aromatic heterocycles. The third-order valence-corrected chi connectivity index (χ3v) is 3.88. The molecule has 0 aliphatic carbocycles. The molecule has 0 saturated heterocycles. The van der Waals surface area contributed by atoms with Gasteiger partial charge in [-0.15, -0.1) is 0 Å². The quantitative estimate of drug-likeness (QED) is 0.541. The van der Waals surface area contributed by atoms with Crippen LogP contribution in [0.25, 0.3) is 11.3 Å². The number of rotatable bonds is 8. The largest absolute Gasteiger partial charge is 0.469 e. The first-order valence-electron chi connectivity index (χ1n) is 8.43. The number of furan rings is 1. The number of hydrogen-bond acceptors (Lipinski definition) is 4. The van der Waals surface area contributed by atoms with Gasteiger partial charge < -0.3 is 14.5 Å². The van der Waals surface area contributed by atoms with E-state index in [9.17, 15) is 22.8 Å². The molecule has 1 aromatic carbocycles. The Hall–Kier alpha value is -2.77. The van der Waals surface area contributed by atoms with Crippen molar-refractivity contribution < 1.29 is 31.9 Å². The maximum atomic E-state index is 12.8. The number of hydrogen-bond donors (Lipinski definition) is 1. The van der Waals surface area contributed by atoms with Gasteiger partial charge in [0.1, 0.15) is 5.76 Å². The van der Waals surface area contributed by atoms with Gasteiger partial charge in [0.25, 0.3) is 5.91 Å². The van der Waals surface area contributed by atoms with Crippen molar-refractivity contribution >= 4 is 11.9 Å². The van der Waals surface area contributed by atoms with Crippen LogP contribution in [0.3, 0.4) is 0 Å². The summed E-state index contributed by atoms with van der Waals surface area (Å²) in [4.78, 5) is 23.0. The molecule has 8 heteroatoms. The third kappa shape index (κ3) is 6.16. The normalized spacial score (nSPS) is 11.3. The van der Waals surface area contributed by atoms with E-state index in [2.05, 4.69) is 10.1 Å². The highest BCUT2D eigenvalue weighted by atomic mass is 19.4. The van der Waals surface area contributed by atoms with Gasteiger partial charge in [0.2, 0.25) is 0 Å². The molecule has 0 radical (unpaired) electrons. The second-order valence-corrected chi connectivity index (χ2v) is 5.89. The van der Waals surface area contributed by atoms with E-state index in [1.807, 2.05) is 0 Å². The van der Waals surface area contributed by atoms with E-state index in [4.69, 9.17) is 4.42 Å². The summed E-state index contributed by atoms with van der Waals surface area (Å²) < 4.78 is 48.3. The first-order valence-corrected chi connectivity index (χ1v) is 8.43. The molecule has 0 atom stereocenters. The van der Waals surface area contributed by atoms with Gasteiger partial charge in [-0.3, -0.25) is 9.59 Å². The number of halogens is 3. The van der Waals surface area contributed by atoms with Crippen LogP contribution < -0.4 is 5.32 Å². The summed E-state index contributed by atoms with van der Waals surface area (Å²) in [6.45, 7) is 0.402. The van der Waals surface area contributed by atoms with E-state index < -0.39 is 17.6 Å². The van der Waals surface area contributed by atoms with Crippen molar-refractivity contribution in [1.82, 2.24) is 5.32 Å². The van der Waals surface area contributed by atoms with Gasteiger partial charge >= 0.3 is 12.1 Å². The molecule has 1 amide bonds. The highest BCUT2D eigenvalue weighted by molar-refractivity contribution is 5.92. The Kier molecular flexibility index (Phi) is 7.04. The molecule has 2 rings (SSSR count). The maximum Gasteiger partial charge on any atom is 0.416 e. The van der Waals surface area contributed by atoms with Gasteiger partial charge in [0.05, 0.1) is 12.7 Å². The summed E-state index contributed by atoms with van der Waals surface area (Å²) >= 11 is 0. The fourth-order valence-electron chi connectivity index (χ4n) is 2.43. The number of methoxy groups -OCH3 is 1. The molecule has 2 aromatic rings. The van der Waals surface area contributed by atoms with Crippen molar-refractivity contribution in [2.75, 3.05) is 13.7 Å². The molecular weight excluding hydrogens is 363 g/mol. The zero-order chi connectivity index (χ0) is 19.9. The van der Waals surface area contributed by atoms with Gasteiger partial charge in [0.15, 0.2) is 5.76 Å². The Balaban J connectivity index is 1.86. The van der Waals surface area contributed by atoms with Gasteiger partial charge in [-0.25, -0.2) is 0 Å². The van der Waals surface area contributed by atoms with E-state index in [1.54, 1.807) is 0 Å². The topological polar surface area (TPSA) is 68.5 Å². The van der Waals surface area contributed by atoms with Crippen LogP contribution in [-0.4, -0.2) is 25.5 Å². The van der Waals surface area contributed by atoms with Crippen LogP contribution in [0.1, 0.15) is 41.8 Å². The summed E-state index contributed by atoms with van der Waals surface area (Å²) in [7, 11) is 1.33. The third-order valence-electron chi connectivity index (χ3n) is 3.88. The average Bonchev–Trinajstić information content (AvgIpc) is 3.14. The Bertz CT molecular complexity index is 783. The van der Waals surface area contributed by atoms with Gasteiger partial charge in [-0.2, -0.15) is 13.2 Å². The van der Waals surface area contributed by atoms with Crippen LogP contribution >= 0.6 is 0 Å². The molecule has 0 unspecified atom stereocenters. The zero-order valence-corrected chi connectivity index (χ0v) is 14.8. The molecule has 0 saturated carbocycles. The van der Waals surface area contributed by atoms with Crippen molar-refractivity contribution in [1.29, 1.82) is 0 Å². The number of carbonyl (C=O) groups is 2. The van der Waals surface area contributed by atoms with Crippen LogP contribution in [0, 0.1) is 0 Å². The lowest BCUT2D eigenvalue weighted by Crippen LogP contribution is -2.23.